The molecule has 100 valence electrons. The van der Waals surface area contributed by atoms with Gasteiger partial charge in [0, 0.05) is 19.2 Å². The van der Waals surface area contributed by atoms with Crippen molar-refractivity contribution >= 4 is 0 Å². The zero-order valence-electron chi connectivity index (χ0n) is 10.7. The van der Waals surface area contributed by atoms with Crippen LogP contribution in [0.15, 0.2) is 18.2 Å². The van der Waals surface area contributed by atoms with Gasteiger partial charge in [0.25, 0.3) is 0 Å². The zero-order valence-corrected chi connectivity index (χ0v) is 10.7. The van der Waals surface area contributed by atoms with E-state index in [1.807, 2.05) is 6.92 Å². The quantitative estimate of drug-likeness (QED) is 0.843. The number of nitrogens with one attached hydrogen (secondary N) is 1. The fourth-order valence-electron chi connectivity index (χ4n) is 2.20. The topological polar surface area (TPSA) is 21.3 Å². The smallest absolute Gasteiger partial charge is 0.159 e. The second-order valence-corrected chi connectivity index (χ2v) is 4.96. The van der Waals surface area contributed by atoms with Crippen LogP contribution in [0.2, 0.25) is 0 Å². The number of benzene rings is 1. The molecule has 0 spiro atoms. The standard InChI is InChI=1S/C14H19F2NO/c1-9(11-5-6-12(15)13(16)7-11)17-14(8-18-2)10-3-4-10/h5-7,9-10,14,17H,3-4,8H2,1-2H3. The Labute approximate surface area is 106 Å². The highest BCUT2D eigenvalue weighted by Crippen LogP contribution is 2.34. The van der Waals surface area contributed by atoms with Crippen molar-refractivity contribution in [1.29, 1.82) is 0 Å². The van der Waals surface area contributed by atoms with Gasteiger partial charge in [-0.05, 0) is 43.4 Å². The summed E-state index contributed by atoms with van der Waals surface area (Å²) in [7, 11) is 1.68. The normalized spacial score (nSPS) is 18.7. The molecule has 1 aliphatic rings. The van der Waals surface area contributed by atoms with Gasteiger partial charge in [-0.2, -0.15) is 0 Å². The minimum absolute atomic E-state index is 0.0131. The first-order valence-corrected chi connectivity index (χ1v) is 6.31. The Bertz CT molecular complexity index is 407. The minimum atomic E-state index is -0.804. The first-order valence-electron chi connectivity index (χ1n) is 6.31. The lowest BCUT2D eigenvalue weighted by Gasteiger charge is -2.23. The van der Waals surface area contributed by atoms with Gasteiger partial charge < -0.3 is 10.1 Å². The van der Waals surface area contributed by atoms with Gasteiger partial charge in [-0.25, -0.2) is 8.78 Å². The van der Waals surface area contributed by atoms with E-state index < -0.39 is 11.6 Å². The van der Waals surface area contributed by atoms with Crippen LogP contribution in [0.1, 0.15) is 31.4 Å². The van der Waals surface area contributed by atoms with Crippen LogP contribution in [0.5, 0.6) is 0 Å². The Morgan fingerprint density at radius 1 is 1.33 bits per heavy atom. The summed E-state index contributed by atoms with van der Waals surface area (Å²) in [5, 5.41) is 3.43. The largest absolute Gasteiger partial charge is 0.383 e. The van der Waals surface area contributed by atoms with Crippen molar-refractivity contribution in [3.05, 3.63) is 35.4 Å². The molecule has 1 fully saturated rings. The van der Waals surface area contributed by atoms with E-state index in [1.54, 1.807) is 13.2 Å². The number of methoxy groups -OCH3 is 1. The van der Waals surface area contributed by atoms with Gasteiger partial charge >= 0.3 is 0 Å². The fourth-order valence-corrected chi connectivity index (χ4v) is 2.20. The Kier molecular flexibility index (Phi) is 4.30. The molecule has 1 N–H and O–H groups in total. The molecule has 1 aliphatic carbocycles. The van der Waals surface area contributed by atoms with E-state index in [9.17, 15) is 8.78 Å². The average Bonchev–Trinajstić information content (AvgIpc) is 3.16. The molecule has 0 bridgehead atoms. The Morgan fingerprint density at radius 3 is 2.61 bits per heavy atom. The molecule has 1 saturated carbocycles. The molecule has 2 atom stereocenters. The first-order chi connectivity index (χ1) is 8.61. The van der Waals surface area contributed by atoms with Crippen molar-refractivity contribution in [2.75, 3.05) is 13.7 Å². The highest BCUT2D eigenvalue weighted by molar-refractivity contribution is 5.21. The molecule has 0 saturated heterocycles. The monoisotopic (exact) mass is 255 g/mol. The lowest BCUT2D eigenvalue weighted by Crippen LogP contribution is -2.37. The number of rotatable bonds is 6. The fraction of sp³-hybridized carbons (Fsp3) is 0.571. The Balaban J connectivity index is 2.00. The molecule has 2 unspecified atom stereocenters. The predicted octanol–water partition coefficient (Wildman–Crippen LogP) is 3.04. The van der Waals surface area contributed by atoms with Crippen LogP contribution in [-0.4, -0.2) is 19.8 Å². The molecule has 18 heavy (non-hydrogen) atoms. The van der Waals surface area contributed by atoms with Gasteiger partial charge in [0.1, 0.15) is 0 Å². The predicted molar refractivity (Wildman–Crippen MR) is 66.3 cm³/mol. The van der Waals surface area contributed by atoms with Crippen LogP contribution in [0, 0.1) is 17.6 Å². The molecular weight excluding hydrogens is 236 g/mol. The third-order valence-corrected chi connectivity index (χ3v) is 3.45. The van der Waals surface area contributed by atoms with Crippen LogP contribution in [0.4, 0.5) is 8.78 Å². The number of hydrogen-bond acceptors (Lipinski definition) is 2. The van der Waals surface area contributed by atoms with Crippen molar-refractivity contribution in [3.8, 4) is 0 Å². The molecule has 0 aromatic heterocycles. The third-order valence-electron chi connectivity index (χ3n) is 3.45. The van der Waals surface area contributed by atoms with Crippen molar-refractivity contribution in [3.63, 3.8) is 0 Å². The highest BCUT2D eigenvalue weighted by Gasteiger charge is 2.32. The summed E-state index contributed by atoms with van der Waals surface area (Å²) in [5.74, 6) is -0.949. The summed E-state index contributed by atoms with van der Waals surface area (Å²) in [6, 6.07) is 4.32. The van der Waals surface area contributed by atoms with E-state index in [1.165, 1.54) is 25.0 Å². The minimum Gasteiger partial charge on any atom is -0.383 e. The van der Waals surface area contributed by atoms with Crippen LogP contribution >= 0.6 is 0 Å². The molecule has 4 heteroatoms. The lowest BCUT2D eigenvalue weighted by molar-refractivity contribution is 0.152. The zero-order chi connectivity index (χ0) is 13.1. The van der Waals surface area contributed by atoms with Crippen LogP contribution < -0.4 is 5.32 Å². The van der Waals surface area contributed by atoms with Crippen molar-refractivity contribution in [1.82, 2.24) is 5.32 Å². The maximum absolute atomic E-state index is 13.2. The molecule has 2 rings (SSSR count). The van der Waals surface area contributed by atoms with Gasteiger partial charge in [-0.1, -0.05) is 6.07 Å². The van der Waals surface area contributed by atoms with Gasteiger partial charge in [0.15, 0.2) is 11.6 Å². The van der Waals surface area contributed by atoms with Gasteiger partial charge in [0.05, 0.1) is 6.61 Å². The second-order valence-electron chi connectivity index (χ2n) is 4.96. The molecule has 0 heterocycles. The van der Waals surface area contributed by atoms with Gasteiger partial charge in [-0.15, -0.1) is 0 Å². The number of halogens is 2. The lowest BCUT2D eigenvalue weighted by atomic mass is 10.1. The number of ether oxygens (including phenoxy) is 1. The average molecular weight is 255 g/mol. The van der Waals surface area contributed by atoms with Gasteiger partial charge in [0.2, 0.25) is 0 Å². The molecule has 1 aromatic carbocycles. The molecule has 0 aliphatic heterocycles. The van der Waals surface area contributed by atoms with E-state index in [2.05, 4.69) is 5.32 Å². The van der Waals surface area contributed by atoms with Crippen molar-refractivity contribution < 1.29 is 13.5 Å². The summed E-state index contributed by atoms with van der Waals surface area (Å²) in [6.45, 7) is 2.61. The van der Waals surface area contributed by atoms with E-state index in [-0.39, 0.29) is 12.1 Å². The molecule has 1 aromatic rings. The molecule has 0 radical (unpaired) electrons. The molecule has 2 nitrogen and oxygen atoms in total. The van der Waals surface area contributed by atoms with E-state index in [0.29, 0.717) is 12.5 Å². The SMILES string of the molecule is COCC(NC(C)c1ccc(F)c(F)c1)C1CC1. The summed E-state index contributed by atoms with van der Waals surface area (Å²) in [6.07, 6.45) is 2.43. The summed E-state index contributed by atoms with van der Waals surface area (Å²) >= 11 is 0. The summed E-state index contributed by atoms with van der Waals surface area (Å²) < 4.78 is 31.2. The van der Waals surface area contributed by atoms with Crippen LogP contribution in [0.3, 0.4) is 0 Å². The van der Waals surface area contributed by atoms with E-state index in [0.717, 1.165) is 5.56 Å². The van der Waals surface area contributed by atoms with Gasteiger partial charge in [-0.3, -0.25) is 0 Å². The highest BCUT2D eigenvalue weighted by atomic mass is 19.2. The molecular formula is C14H19F2NO. The summed E-state index contributed by atoms with van der Waals surface area (Å²) in [4.78, 5) is 0. The first kappa shape index (κ1) is 13.4. The second kappa shape index (κ2) is 5.76. The van der Waals surface area contributed by atoms with Crippen molar-refractivity contribution in [2.45, 2.75) is 31.8 Å². The van der Waals surface area contributed by atoms with Crippen LogP contribution in [0.25, 0.3) is 0 Å². The summed E-state index contributed by atoms with van der Waals surface area (Å²) in [5.41, 5.74) is 0.760. The maximum atomic E-state index is 13.2. The maximum Gasteiger partial charge on any atom is 0.159 e. The molecule has 0 amide bonds. The van der Waals surface area contributed by atoms with E-state index >= 15 is 0 Å². The third kappa shape index (κ3) is 3.27. The number of hydrogen-bond donors (Lipinski definition) is 1. The van der Waals surface area contributed by atoms with E-state index in [4.69, 9.17) is 4.74 Å². The Hall–Kier alpha value is -1.00. The van der Waals surface area contributed by atoms with Crippen LogP contribution in [-0.2, 0) is 4.74 Å². The van der Waals surface area contributed by atoms with Crippen molar-refractivity contribution in [2.24, 2.45) is 5.92 Å². The Morgan fingerprint density at radius 2 is 2.06 bits per heavy atom.